The first-order valence-corrected chi connectivity index (χ1v) is 4.87. The van der Waals surface area contributed by atoms with Gasteiger partial charge in [0.1, 0.15) is 12.2 Å². The lowest BCUT2D eigenvalue weighted by atomic mass is 9.92. The number of esters is 1. The van der Waals surface area contributed by atoms with Crippen LogP contribution in [0.1, 0.15) is 20.3 Å². The minimum Gasteiger partial charge on any atom is -0.460 e. The number of aliphatic hydroxyl groups is 3. The Labute approximate surface area is 88.0 Å². The number of rotatable bonds is 2. The highest BCUT2D eigenvalue weighted by molar-refractivity contribution is 5.89. The molecule has 0 unspecified atom stereocenters. The fraction of sp³-hybridized carbons (Fsp3) is 0.700. The lowest BCUT2D eigenvalue weighted by Gasteiger charge is -2.27. The molecule has 0 aliphatic heterocycles. The third-order valence-electron chi connectivity index (χ3n) is 2.15. The van der Waals surface area contributed by atoms with Crippen molar-refractivity contribution in [1.29, 1.82) is 0 Å². The van der Waals surface area contributed by atoms with Gasteiger partial charge in [-0.05, 0) is 19.9 Å². The lowest BCUT2D eigenvalue weighted by Crippen LogP contribution is -2.41. The van der Waals surface area contributed by atoms with E-state index in [4.69, 9.17) is 4.74 Å². The average molecular weight is 216 g/mol. The zero-order chi connectivity index (χ0) is 11.6. The number of hydrogen-bond acceptors (Lipinski definition) is 5. The van der Waals surface area contributed by atoms with Crippen LogP contribution < -0.4 is 0 Å². The topological polar surface area (TPSA) is 87.0 Å². The van der Waals surface area contributed by atoms with Crippen LogP contribution in [0.3, 0.4) is 0 Å². The molecule has 0 saturated carbocycles. The molecule has 3 atom stereocenters. The van der Waals surface area contributed by atoms with Gasteiger partial charge in [0.05, 0.1) is 12.2 Å². The van der Waals surface area contributed by atoms with Gasteiger partial charge in [0.25, 0.3) is 0 Å². The van der Waals surface area contributed by atoms with Crippen molar-refractivity contribution in [2.24, 2.45) is 0 Å². The van der Waals surface area contributed by atoms with Crippen molar-refractivity contribution in [3.8, 4) is 0 Å². The fourth-order valence-electron chi connectivity index (χ4n) is 1.39. The number of hydrogen-bond donors (Lipinski definition) is 3. The van der Waals surface area contributed by atoms with Gasteiger partial charge >= 0.3 is 5.97 Å². The summed E-state index contributed by atoms with van der Waals surface area (Å²) in [5.41, 5.74) is 0.203. The summed E-state index contributed by atoms with van der Waals surface area (Å²) >= 11 is 0. The molecule has 5 nitrogen and oxygen atoms in total. The predicted octanol–water partition coefficient (Wildman–Crippen LogP) is -0.649. The first-order chi connectivity index (χ1) is 6.91. The normalized spacial score (nSPS) is 31.3. The molecule has 0 fully saturated rings. The summed E-state index contributed by atoms with van der Waals surface area (Å²) in [6.45, 7) is 3.42. The molecule has 0 heterocycles. The standard InChI is InChI=1S/C10H16O5/c1-5(2)15-10(14)6-3-7(11)9(13)8(12)4-6/h3,5,7-9,11-13H,4H2,1-2H3/t7-,8-,9-/m1/s1. The van der Waals surface area contributed by atoms with Gasteiger partial charge in [0.2, 0.25) is 0 Å². The lowest BCUT2D eigenvalue weighted by molar-refractivity contribution is -0.144. The van der Waals surface area contributed by atoms with Crippen LogP contribution in [0.25, 0.3) is 0 Å². The summed E-state index contributed by atoms with van der Waals surface area (Å²) in [5, 5.41) is 27.9. The van der Waals surface area contributed by atoms with Crippen LogP contribution in [-0.4, -0.2) is 45.7 Å². The van der Waals surface area contributed by atoms with Crippen molar-refractivity contribution in [2.75, 3.05) is 0 Å². The Hall–Kier alpha value is -0.910. The molecule has 1 rings (SSSR count). The Morgan fingerprint density at radius 2 is 2.07 bits per heavy atom. The number of ether oxygens (including phenoxy) is 1. The Balaban J connectivity index is 2.71. The third-order valence-corrected chi connectivity index (χ3v) is 2.15. The SMILES string of the molecule is CC(C)OC(=O)C1=C[C@@H](O)[C@@H](O)[C@H](O)C1. The predicted molar refractivity (Wildman–Crippen MR) is 51.9 cm³/mol. The largest absolute Gasteiger partial charge is 0.460 e. The van der Waals surface area contributed by atoms with Gasteiger partial charge in [0, 0.05) is 12.0 Å². The van der Waals surface area contributed by atoms with Crippen LogP contribution in [-0.2, 0) is 9.53 Å². The molecule has 5 heteroatoms. The second-order valence-corrected chi connectivity index (χ2v) is 3.90. The first kappa shape index (κ1) is 12.2. The molecule has 1 aliphatic carbocycles. The maximum Gasteiger partial charge on any atom is 0.334 e. The summed E-state index contributed by atoms with van der Waals surface area (Å²) in [7, 11) is 0. The molecule has 15 heavy (non-hydrogen) atoms. The summed E-state index contributed by atoms with van der Waals surface area (Å²) < 4.78 is 4.91. The quantitative estimate of drug-likeness (QED) is 0.534. The monoisotopic (exact) mass is 216 g/mol. The van der Waals surface area contributed by atoms with Crippen molar-refractivity contribution in [2.45, 2.75) is 44.7 Å². The van der Waals surface area contributed by atoms with E-state index in [2.05, 4.69) is 0 Å². The van der Waals surface area contributed by atoms with Gasteiger partial charge in [0.15, 0.2) is 0 Å². The molecular weight excluding hydrogens is 200 g/mol. The van der Waals surface area contributed by atoms with Gasteiger partial charge in [-0.1, -0.05) is 0 Å². The van der Waals surface area contributed by atoms with Crippen molar-refractivity contribution in [1.82, 2.24) is 0 Å². The van der Waals surface area contributed by atoms with Gasteiger partial charge in [-0.15, -0.1) is 0 Å². The van der Waals surface area contributed by atoms with Crippen molar-refractivity contribution >= 4 is 5.97 Å². The van der Waals surface area contributed by atoms with E-state index in [9.17, 15) is 20.1 Å². The molecule has 3 N–H and O–H groups in total. The minimum absolute atomic E-state index is 0.00375. The molecule has 0 amide bonds. The van der Waals surface area contributed by atoms with E-state index in [1.807, 2.05) is 0 Å². The maximum absolute atomic E-state index is 11.4. The highest BCUT2D eigenvalue weighted by atomic mass is 16.5. The van der Waals surface area contributed by atoms with Crippen LogP contribution in [0, 0.1) is 0 Å². The van der Waals surface area contributed by atoms with Gasteiger partial charge < -0.3 is 20.1 Å². The maximum atomic E-state index is 11.4. The minimum atomic E-state index is -1.24. The van der Waals surface area contributed by atoms with E-state index in [0.29, 0.717) is 0 Å². The molecule has 86 valence electrons. The van der Waals surface area contributed by atoms with E-state index in [1.165, 1.54) is 6.08 Å². The first-order valence-electron chi connectivity index (χ1n) is 4.87. The number of carbonyl (C=O) groups excluding carboxylic acids is 1. The van der Waals surface area contributed by atoms with E-state index >= 15 is 0 Å². The Kier molecular flexibility index (Phi) is 3.84. The zero-order valence-electron chi connectivity index (χ0n) is 8.75. The number of aliphatic hydroxyl groups excluding tert-OH is 3. The van der Waals surface area contributed by atoms with Gasteiger partial charge in [-0.3, -0.25) is 0 Å². The van der Waals surface area contributed by atoms with E-state index in [1.54, 1.807) is 13.8 Å². The smallest absolute Gasteiger partial charge is 0.334 e. The average Bonchev–Trinajstić information content (AvgIpc) is 2.12. The van der Waals surface area contributed by atoms with Crippen molar-refractivity contribution < 1.29 is 24.9 Å². The number of carbonyl (C=O) groups is 1. The summed E-state index contributed by atoms with van der Waals surface area (Å²) in [6.07, 6.45) is -2.60. The second kappa shape index (κ2) is 4.74. The Morgan fingerprint density at radius 1 is 1.47 bits per heavy atom. The van der Waals surface area contributed by atoms with Crippen LogP contribution in [0.4, 0.5) is 0 Å². The molecular formula is C10H16O5. The zero-order valence-corrected chi connectivity index (χ0v) is 8.75. The summed E-state index contributed by atoms with van der Waals surface area (Å²) in [4.78, 5) is 11.4. The molecule has 1 aliphatic rings. The molecule has 0 saturated heterocycles. The van der Waals surface area contributed by atoms with Crippen molar-refractivity contribution in [3.63, 3.8) is 0 Å². The van der Waals surface area contributed by atoms with Crippen molar-refractivity contribution in [3.05, 3.63) is 11.6 Å². The third kappa shape index (κ3) is 3.02. The van der Waals surface area contributed by atoms with E-state index < -0.39 is 24.3 Å². The molecule has 0 spiro atoms. The molecule has 0 radical (unpaired) electrons. The Morgan fingerprint density at radius 3 is 2.53 bits per heavy atom. The van der Waals surface area contributed by atoms with Gasteiger partial charge in [-0.25, -0.2) is 4.79 Å². The molecule has 0 bridgehead atoms. The highest BCUT2D eigenvalue weighted by Gasteiger charge is 2.32. The fourth-order valence-corrected chi connectivity index (χ4v) is 1.39. The summed E-state index contributed by atoms with van der Waals surface area (Å²) in [5.74, 6) is -0.560. The molecule has 0 aromatic heterocycles. The van der Waals surface area contributed by atoms with Crippen LogP contribution in [0.2, 0.25) is 0 Å². The van der Waals surface area contributed by atoms with Crippen LogP contribution in [0.15, 0.2) is 11.6 Å². The second-order valence-electron chi connectivity index (χ2n) is 3.90. The van der Waals surface area contributed by atoms with Gasteiger partial charge in [-0.2, -0.15) is 0 Å². The highest BCUT2D eigenvalue weighted by Crippen LogP contribution is 2.20. The van der Waals surface area contributed by atoms with Crippen LogP contribution in [0.5, 0.6) is 0 Å². The van der Waals surface area contributed by atoms with E-state index in [0.717, 1.165) is 0 Å². The van der Waals surface area contributed by atoms with E-state index in [-0.39, 0.29) is 18.1 Å². The molecule has 0 aromatic rings. The molecule has 0 aromatic carbocycles. The summed E-state index contributed by atoms with van der Waals surface area (Å²) in [6, 6.07) is 0. The van der Waals surface area contributed by atoms with Crippen LogP contribution >= 0.6 is 0 Å². The Bertz CT molecular complexity index is 271.